The SMILES string of the molecule is CC(=O)OS(=O)(=O)c1ccon1. The van der Waals surface area contributed by atoms with Crippen molar-refractivity contribution in [2.45, 2.75) is 11.9 Å². The third-order valence-corrected chi connectivity index (χ3v) is 2.07. The minimum absolute atomic E-state index is 0.419. The van der Waals surface area contributed by atoms with Gasteiger partial charge in [-0.1, -0.05) is 5.16 Å². The maximum Gasteiger partial charge on any atom is 0.362 e. The maximum atomic E-state index is 10.9. The molecule has 0 bridgehead atoms. The number of aromatic nitrogens is 1. The second kappa shape index (κ2) is 2.94. The summed E-state index contributed by atoms with van der Waals surface area (Å²) in [4.78, 5) is 10.3. The van der Waals surface area contributed by atoms with Gasteiger partial charge in [-0.15, -0.1) is 0 Å². The minimum atomic E-state index is -4.07. The highest BCUT2D eigenvalue weighted by molar-refractivity contribution is 7.87. The molecule has 0 N–H and O–H groups in total. The van der Waals surface area contributed by atoms with Crippen LogP contribution in [0.25, 0.3) is 0 Å². The summed E-state index contributed by atoms with van der Waals surface area (Å²) >= 11 is 0. The summed E-state index contributed by atoms with van der Waals surface area (Å²) in [7, 11) is -4.07. The molecule has 0 saturated heterocycles. The van der Waals surface area contributed by atoms with Crippen molar-refractivity contribution in [2.24, 2.45) is 0 Å². The van der Waals surface area contributed by atoms with Gasteiger partial charge in [-0.2, -0.15) is 8.42 Å². The van der Waals surface area contributed by atoms with Crippen molar-refractivity contribution in [1.82, 2.24) is 5.16 Å². The van der Waals surface area contributed by atoms with E-state index in [4.69, 9.17) is 0 Å². The first kappa shape index (κ1) is 8.72. The summed E-state index contributed by atoms with van der Waals surface area (Å²) in [6.45, 7) is 0.984. The Morgan fingerprint density at radius 2 is 2.33 bits per heavy atom. The van der Waals surface area contributed by atoms with Crippen LogP contribution in [0.2, 0.25) is 0 Å². The largest absolute Gasteiger partial charge is 0.363 e. The summed E-state index contributed by atoms with van der Waals surface area (Å²) < 4.78 is 30.1. The van der Waals surface area contributed by atoms with Crippen molar-refractivity contribution >= 4 is 16.1 Å². The van der Waals surface area contributed by atoms with E-state index >= 15 is 0 Å². The first-order valence-electron chi connectivity index (χ1n) is 2.88. The van der Waals surface area contributed by atoms with Gasteiger partial charge in [-0.05, 0) is 0 Å². The van der Waals surface area contributed by atoms with Crippen molar-refractivity contribution in [3.05, 3.63) is 12.3 Å². The molecule has 0 atom stereocenters. The fourth-order valence-corrected chi connectivity index (χ4v) is 1.28. The first-order chi connectivity index (χ1) is 5.52. The quantitative estimate of drug-likeness (QED) is 0.608. The van der Waals surface area contributed by atoms with Crippen LogP contribution < -0.4 is 0 Å². The van der Waals surface area contributed by atoms with Gasteiger partial charge in [-0.3, -0.25) is 4.79 Å². The number of rotatable bonds is 2. The van der Waals surface area contributed by atoms with E-state index in [2.05, 4.69) is 13.9 Å². The Morgan fingerprint density at radius 3 is 2.75 bits per heavy atom. The van der Waals surface area contributed by atoms with E-state index < -0.39 is 21.1 Å². The van der Waals surface area contributed by atoms with Crippen LogP contribution in [0.4, 0.5) is 0 Å². The van der Waals surface area contributed by atoms with Gasteiger partial charge in [0.2, 0.25) is 5.03 Å². The molecule has 1 rings (SSSR count). The third-order valence-electron chi connectivity index (χ3n) is 0.897. The van der Waals surface area contributed by atoms with Crippen LogP contribution in [-0.2, 0) is 19.1 Å². The highest BCUT2D eigenvalue weighted by Crippen LogP contribution is 2.08. The molecule has 0 saturated carbocycles. The lowest BCUT2D eigenvalue weighted by atomic mass is 10.8. The van der Waals surface area contributed by atoms with Crippen LogP contribution in [0.3, 0.4) is 0 Å². The lowest BCUT2D eigenvalue weighted by Crippen LogP contribution is -2.10. The van der Waals surface area contributed by atoms with Crippen LogP contribution in [0, 0.1) is 0 Å². The maximum absolute atomic E-state index is 10.9. The Morgan fingerprint density at radius 1 is 1.67 bits per heavy atom. The lowest BCUT2D eigenvalue weighted by molar-refractivity contribution is -0.131. The average Bonchev–Trinajstić information content (AvgIpc) is 2.32. The lowest BCUT2D eigenvalue weighted by Gasteiger charge is -1.96. The molecule has 0 aliphatic carbocycles. The molecule has 0 aromatic carbocycles. The van der Waals surface area contributed by atoms with Gasteiger partial charge in [0.25, 0.3) is 0 Å². The molecule has 0 spiro atoms. The molecule has 12 heavy (non-hydrogen) atoms. The van der Waals surface area contributed by atoms with Crippen molar-refractivity contribution < 1.29 is 21.9 Å². The molecule has 1 aromatic heterocycles. The van der Waals surface area contributed by atoms with Crippen molar-refractivity contribution in [2.75, 3.05) is 0 Å². The summed E-state index contributed by atoms with van der Waals surface area (Å²) in [5.41, 5.74) is 0. The molecule has 1 aromatic rings. The standard InChI is InChI=1S/C5H5NO5S/c1-4(7)11-12(8,9)5-2-3-10-6-5/h2-3H,1H3. The molecule has 0 radical (unpaired) electrons. The third kappa shape index (κ3) is 1.82. The Kier molecular flexibility index (Phi) is 2.13. The number of hydrogen-bond acceptors (Lipinski definition) is 6. The van der Waals surface area contributed by atoms with Gasteiger partial charge >= 0.3 is 16.1 Å². The Bertz CT molecular complexity index is 365. The van der Waals surface area contributed by atoms with E-state index in [0.717, 1.165) is 19.3 Å². The number of carbonyl (C=O) groups excluding carboxylic acids is 1. The number of carbonyl (C=O) groups is 1. The highest BCUT2D eigenvalue weighted by atomic mass is 32.2. The zero-order valence-corrected chi connectivity index (χ0v) is 6.87. The zero-order chi connectivity index (χ0) is 9.19. The van der Waals surface area contributed by atoms with Crippen LogP contribution in [0.5, 0.6) is 0 Å². The van der Waals surface area contributed by atoms with Gasteiger partial charge in [0.1, 0.15) is 6.26 Å². The number of hydrogen-bond donors (Lipinski definition) is 0. The van der Waals surface area contributed by atoms with E-state index in [0.29, 0.717) is 0 Å². The van der Waals surface area contributed by atoms with Crippen molar-refractivity contribution in [3.63, 3.8) is 0 Å². The van der Waals surface area contributed by atoms with Gasteiger partial charge in [0.15, 0.2) is 0 Å². The molecule has 1 heterocycles. The van der Waals surface area contributed by atoms with Gasteiger partial charge in [-0.25, -0.2) is 0 Å². The van der Waals surface area contributed by atoms with E-state index in [1.807, 2.05) is 0 Å². The molecule has 0 aliphatic rings. The Balaban J connectivity index is 2.96. The van der Waals surface area contributed by atoms with Gasteiger partial charge in [0, 0.05) is 13.0 Å². The zero-order valence-electron chi connectivity index (χ0n) is 6.05. The van der Waals surface area contributed by atoms with E-state index in [-0.39, 0.29) is 0 Å². The first-order valence-corrected chi connectivity index (χ1v) is 4.28. The molecule has 66 valence electrons. The molecule has 0 amide bonds. The van der Waals surface area contributed by atoms with Gasteiger partial charge in [0.05, 0.1) is 0 Å². The Labute approximate surface area is 68.2 Å². The van der Waals surface area contributed by atoms with Crippen LogP contribution in [-0.4, -0.2) is 19.5 Å². The minimum Gasteiger partial charge on any atom is -0.363 e. The van der Waals surface area contributed by atoms with E-state index in [1.165, 1.54) is 0 Å². The second-order valence-corrected chi connectivity index (χ2v) is 3.36. The summed E-state index contributed by atoms with van der Waals surface area (Å²) in [5, 5.41) is 2.68. The van der Waals surface area contributed by atoms with Crippen molar-refractivity contribution in [1.29, 1.82) is 0 Å². The molecular weight excluding hydrogens is 186 g/mol. The Hall–Kier alpha value is -1.37. The summed E-state index contributed by atoms with van der Waals surface area (Å²) in [6, 6.07) is 1.08. The topological polar surface area (TPSA) is 86.5 Å². The molecule has 6 nitrogen and oxygen atoms in total. The average molecular weight is 191 g/mol. The number of nitrogens with zero attached hydrogens (tertiary/aromatic N) is 1. The fraction of sp³-hybridized carbons (Fsp3) is 0.200. The smallest absolute Gasteiger partial charge is 0.362 e. The van der Waals surface area contributed by atoms with E-state index in [1.54, 1.807) is 0 Å². The predicted molar refractivity (Wildman–Crippen MR) is 35.5 cm³/mol. The summed E-state index contributed by atoms with van der Waals surface area (Å²) in [6.07, 6.45) is 1.07. The molecular formula is C5H5NO5S. The van der Waals surface area contributed by atoms with Crippen LogP contribution >= 0.6 is 0 Å². The monoisotopic (exact) mass is 191 g/mol. The summed E-state index contributed by atoms with van der Waals surface area (Å²) in [5.74, 6) is -0.919. The molecule has 0 aliphatic heterocycles. The van der Waals surface area contributed by atoms with Gasteiger partial charge < -0.3 is 8.71 Å². The van der Waals surface area contributed by atoms with E-state index in [9.17, 15) is 13.2 Å². The van der Waals surface area contributed by atoms with Crippen LogP contribution in [0.1, 0.15) is 6.92 Å². The normalized spacial score (nSPS) is 11.1. The predicted octanol–water partition coefficient (Wildman–Crippen LogP) is -0.0736. The molecule has 0 unspecified atom stereocenters. The second-order valence-electron chi connectivity index (χ2n) is 1.87. The fourth-order valence-electron chi connectivity index (χ4n) is 0.528. The van der Waals surface area contributed by atoms with Crippen LogP contribution in [0.15, 0.2) is 21.9 Å². The molecule has 7 heteroatoms. The highest BCUT2D eigenvalue weighted by Gasteiger charge is 2.20. The molecule has 0 fully saturated rings. The van der Waals surface area contributed by atoms with Crippen molar-refractivity contribution in [3.8, 4) is 0 Å².